The SMILES string of the molecule is C#CCC(C)NC(=O)C1CCC(F)(F)CC1. The van der Waals surface area contributed by atoms with Gasteiger partial charge in [0.2, 0.25) is 11.8 Å². The van der Waals surface area contributed by atoms with Crippen molar-refractivity contribution in [3.63, 3.8) is 0 Å². The Morgan fingerprint density at radius 3 is 2.62 bits per heavy atom. The summed E-state index contributed by atoms with van der Waals surface area (Å²) in [5, 5.41) is 2.75. The zero-order valence-electron chi connectivity index (χ0n) is 9.43. The molecule has 0 bridgehead atoms. The minimum atomic E-state index is -2.58. The lowest BCUT2D eigenvalue weighted by Crippen LogP contribution is -2.40. The Balaban J connectivity index is 2.37. The van der Waals surface area contributed by atoms with Gasteiger partial charge in [0, 0.05) is 31.2 Å². The van der Waals surface area contributed by atoms with Crippen LogP contribution in [-0.2, 0) is 4.79 Å². The molecule has 1 atom stereocenters. The van der Waals surface area contributed by atoms with E-state index in [9.17, 15) is 13.6 Å². The van der Waals surface area contributed by atoms with Crippen LogP contribution in [0.2, 0.25) is 0 Å². The first-order valence-corrected chi connectivity index (χ1v) is 5.56. The van der Waals surface area contributed by atoms with Crippen molar-refractivity contribution in [2.45, 2.75) is 51.0 Å². The summed E-state index contributed by atoms with van der Waals surface area (Å²) in [6.07, 6.45) is 5.74. The molecule has 0 aromatic carbocycles. The number of carbonyl (C=O) groups is 1. The Kier molecular flexibility index (Phi) is 4.28. The number of hydrogen-bond donors (Lipinski definition) is 1. The van der Waals surface area contributed by atoms with Crippen LogP contribution in [0.15, 0.2) is 0 Å². The largest absolute Gasteiger partial charge is 0.352 e. The summed E-state index contributed by atoms with van der Waals surface area (Å²) in [5.41, 5.74) is 0. The third-order valence-corrected chi connectivity index (χ3v) is 2.90. The van der Waals surface area contributed by atoms with E-state index < -0.39 is 5.92 Å². The number of terminal acetylenes is 1. The fourth-order valence-electron chi connectivity index (χ4n) is 1.89. The molecule has 0 aliphatic heterocycles. The quantitative estimate of drug-likeness (QED) is 0.739. The average molecular weight is 229 g/mol. The van der Waals surface area contributed by atoms with E-state index in [4.69, 9.17) is 6.42 Å². The van der Waals surface area contributed by atoms with Crippen LogP contribution in [0.1, 0.15) is 39.0 Å². The minimum absolute atomic E-state index is 0.0834. The predicted molar refractivity (Wildman–Crippen MR) is 58.0 cm³/mol. The molecule has 1 amide bonds. The van der Waals surface area contributed by atoms with Gasteiger partial charge in [-0.1, -0.05) is 0 Å². The lowest BCUT2D eigenvalue weighted by molar-refractivity contribution is -0.129. The van der Waals surface area contributed by atoms with Crippen LogP contribution in [0.5, 0.6) is 0 Å². The molecule has 1 fully saturated rings. The second-order valence-corrected chi connectivity index (χ2v) is 4.45. The summed E-state index contributed by atoms with van der Waals surface area (Å²) in [6.45, 7) is 1.81. The maximum Gasteiger partial charge on any atom is 0.248 e. The van der Waals surface area contributed by atoms with Crippen molar-refractivity contribution in [2.75, 3.05) is 0 Å². The Labute approximate surface area is 94.8 Å². The van der Waals surface area contributed by atoms with E-state index in [0.717, 1.165) is 0 Å². The molecule has 0 heterocycles. The molecular weight excluding hydrogens is 212 g/mol. The van der Waals surface area contributed by atoms with Gasteiger partial charge in [-0.2, -0.15) is 0 Å². The lowest BCUT2D eigenvalue weighted by Gasteiger charge is -2.28. The van der Waals surface area contributed by atoms with Crippen molar-refractivity contribution < 1.29 is 13.6 Å². The highest BCUT2D eigenvalue weighted by Crippen LogP contribution is 2.36. The van der Waals surface area contributed by atoms with E-state index in [1.54, 1.807) is 0 Å². The van der Waals surface area contributed by atoms with Crippen molar-refractivity contribution in [3.8, 4) is 12.3 Å². The zero-order valence-corrected chi connectivity index (χ0v) is 9.43. The molecule has 1 N–H and O–H groups in total. The average Bonchev–Trinajstić information content (AvgIpc) is 2.17. The van der Waals surface area contributed by atoms with Gasteiger partial charge in [-0.15, -0.1) is 12.3 Å². The van der Waals surface area contributed by atoms with E-state index >= 15 is 0 Å². The normalized spacial score (nSPS) is 22.1. The van der Waals surface area contributed by atoms with Gasteiger partial charge in [0.05, 0.1) is 0 Å². The first-order chi connectivity index (χ1) is 7.44. The fraction of sp³-hybridized carbons (Fsp3) is 0.750. The van der Waals surface area contributed by atoms with Gasteiger partial charge in [-0.3, -0.25) is 4.79 Å². The summed E-state index contributed by atoms with van der Waals surface area (Å²) in [4.78, 5) is 11.7. The first-order valence-electron chi connectivity index (χ1n) is 5.56. The van der Waals surface area contributed by atoms with E-state index in [0.29, 0.717) is 6.42 Å². The number of nitrogens with one attached hydrogen (secondary N) is 1. The van der Waals surface area contributed by atoms with Gasteiger partial charge in [-0.05, 0) is 19.8 Å². The maximum atomic E-state index is 12.9. The van der Waals surface area contributed by atoms with E-state index in [2.05, 4.69) is 11.2 Å². The van der Waals surface area contributed by atoms with Gasteiger partial charge in [0.25, 0.3) is 0 Å². The van der Waals surface area contributed by atoms with Gasteiger partial charge in [0.15, 0.2) is 0 Å². The second kappa shape index (κ2) is 5.29. The molecule has 1 rings (SSSR count). The molecule has 2 nitrogen and oxygen atoms in total. The molecule has 1 aliphatic rings. The van der Waals surface area contributed by atoms with Gasteiger partial charge in [-0.25, -0.2) is 8.78 Å². The van der Waals surface area contributed by atoms with Gasteiger partial charge in [0.1, 0.15) is 0 Å². The molecule has 0 aromatic heterocycles. The molecule has 4 heteroatoms. The lowest BCUT2D eigenvalue weighted by atomic mass is 9.86. The molecule has 1 unspecified atom stereocenters. The number of rotatable bonds is 3. The molecule has 90 valence electrons. The van der Waals surface area contributed by atoms with Crippen molar-refractivity contribution in [1.29, 1.82) is 0 Å². The van der Waals surface area contributed by atoms with Gasteiger partial charge < -0.3 is 5.32 Å². The van der Waals surface area contributed by atoms with E-state index in [1.165, 1.54) is 0 Å². The number of amides is 1. The van der Waals surface area contributed by atoms with Crippen LogP contribution in [0.4, 0.5) is 8.78 Å². The highest BCUT2D eigenvalue weighted by atomic mass is 19.3. The molecule has 0 spiro atoms. The van der Waals surface area contributed by atoms with Gasteiger partial charge >= 0.3 is 0 Å². The zero-order chi connectivity index (χ0) is 12.2. The number of carbonyl (C=O) groups excluding carboxylic acids is 1. The third kappa shape index (κ3) is 3.80. The van der Waals surface area contributed by atoms with Crippen molar-refractivity contribution in [2.24, 2.45) is 5.92 Å². The second-order valence-electron chi connectivity index (χ2n) is 4.45. The highest BCUT2D eigenvalue weighted by Gasteiger charge is 2.37. The number of alkyl halides is 2. The highest BCUT2D eigenvalue weighted by molar-refractivity contribution is 5.79. The molecule has 1 saturated carbocycles. The topological polar surface area (TPSA) is 29.1 Å². The first kappa shape index (κ1) is 13.0. The van der Waals surface area contributed by atoms with Crippen molar-refractivity contribution in [1.82, 2.24) is 5.32 Å². The summed E-state index contributed by atoms with van der Waals surface area (Å²) in [5.74, 6) is -0.546. The van der Waals surface area contributed by atoms with Crippen LogP contribution in [0.25, 0.3) is 0 Å². The van der Waals surface area contributed by atoms with Crippen LogP contribution < -0.4 is 5.32 Å². The fourth-order valence-corrected chi connectivity index (χ4v) is 1.89. The van der Waals surface area contributed by atoms with Crippen LogP contribution in [0.3, 0.4) is 0 Å². The van der Waals surface area contributed by atoms with E-state index in [-0.39, 0.29) is 43.6 Å². The van der Waals surface area contributed by atoms with Crippen LogP contribution in [0, 0.1) is 18.3 Å². The number of hydrogen-bond acceptors (Lipinski definition) is 1. The van der Waals surface area contributed by atoms with E-state index in [1.807, 2.05) is 6.92 Å². The molecule has 16 heavy (non-hydrogen) atoms. The summed E-state index contributed by atoms with van der Waals surface area (Å²) in [6, 6.07) is -0.0834. The molecular formula is C12H17F2NO. The monoisotopic (exact) mass is 229 g/mol. The molecule has 0 saturated heterocycles. The van der Waals surface area contributed by atoms with Crippen LogP contribution >= 0.6 is 0 Å². The summed E-state index contributed by atoms with van der Waals surface area (Å²) >= 11 is 0. The van der Waals surface area contributed by atoms with Crippen molar-refractivity contribution in [3.05, 3.63) is 0 Å². The summed E-state index contributed by atoms with van der Waals surface area (Å²) < 4.78 is 25.7. The Hall–Kier alpha value is -1.11. The predicted octanol–water partition coefficient (Wildman–Crippen LogP) is 2.34. The molecule has 1 aliphatic carbocycles. The standard InChI is InChI=1S/C12H17F2NO/c1-3-4-9(2)15-11(16)10-5-7-12(13,14)8-6-10/h1,9-10H,4-8H2,2H3,(H,15,16). The van der Waals surface area contributed by atoms with Crippen LogP contribution in [-0.4, -0.2) is 17.9 Å². The molecule has 0 aromatic rings. The molecule has 0 radical (unpaired) electrons. The smallest absolute Gasteiger partial charge is 0.248 e. The number of halogens is 2. The Bertz CT molecular complexity index is 286. The summed E-state index contributed by atoms with van der Waals surface area (Å²) in [7, 11) is 0. The third-order valence-electron chi connectivity index (χ3n) is 2.90. The van der Waals surface area contributed by atoms with Crippen molar-refractivity contribution >= 4 is 5.91 Å². The minimum Gasteiger partial charge on any atom is -0.352 e. The maximum absolute atomic E-state index is 12.9. The Morgan fingerprint density at radius 2 is 2.12 bits per heavy atom. The Morgan fingerprint density at radius 1 is 1.56 bits per heavy atom.